The first-order valence-corrected chi connectivity index (χ1v) is 13.6. The Morgan fingerprint density at radius 2 is 1.76 bits per heavy atom. The molecule has 0 unspecified atom stereocenters. The van der Waals surface area contributed by atoms with Gasteiger partial charge in [0, 0.05) is 55.2 Å². The lowest BCUT2D eigenvalue weighted by Crippen LogP contribution is -2.37. The summed E-state index contributed by atoms with van der Waals surface area (Å²) in [5.41, 5.74) is 10.2. The Bertz CT molecular complexity index is 1300. The molecule has 2 aliphatic heterocycles. The lowest BCUT2D eigenvalue weighted by atomic mass is 9.64. The van der Waals surface area contributed by atoms with E-state index in [-0.39, 0.29) is 6.42 Å². The summed E-state index contributed by atoms with van der Waals surface area (Å²) in [5, 5.41) is 10.1. The van der Waals surface area contributed by atoms with Crippen molar-refractivity contribution in [3.63, 3.8) is 0 Å². The third-order valence-corrected chi connectivity index (χ3v) is 8.25. The van der Waals surface area contributed by atoms with Gasteiger partial charge in [-0.1, -0.05) is 60.8 Å². The highest BCUT2D eigenvalue weighted by molar-refractivity contribution is 6.15. The topological polar surface area (TPSA) is 56.7 Å². The van der Waals surface area contributed by atoms with Crippen molar-refractivity contribution in [3.05, 3.63) is 82.2 Å². The largest absolute Gasteiger partial charge is 0.481 e. The minimum Gasteiger partial charge on any atom is -0.481 e. The molecule has 6 heteroatoms. The summed E-state index contributed by atoms with van der Waals surface area (Å²) in [5.74, 6) is -0.803. The number of hydrogen-bond donors (Lipinski definition) is 1. The Balaban J connectivity index is 1.51. The maximum atomic E-state index is 11.9. The highest BCUT2D eigenvalue weighted by atomic mass is 16.4. The van der Waals surface area contributed by atoms with Crippen LogP contribution in [0, 0.1) is 13.8 Å². The molecular formula is C31H38BN3O2. The van der Waals surface area contributed by atoms with E-state index in [1.807, 2.05) is 6.92 Å². The average molecular weight is 495 g/mol. The lowest BCUT2D eigenvalue weighted by molar-refractivity contribution is -0.136. The molecule has 2 aliphatic rings. The number of hydrogen-bond acceptors (Lipinski definition) is 4. The van der Waals surface area contributed by atoms with Crippen LogP contribution in [0.25, 0.3) is 11.1 Å². The second-order valence-corrected chi connectivity index (χ2v) is 11.6. The third kappa shape index (κ3) is 5.59. The van der Waals surface area contributed by atoms with E-state index in [0.29, 0.717) is 5.31 Å². The number of aliphatic carboxylic acids is 1. The average Bonchev–Trinajstić information content (AvgIpc) is 2.86. The molecule has 1 aromatic heterocycles. The van der Waals surface area contributed by atoms with Gasteiger partial charge in [-0.05, 0) is 55.4 Å². The maximum Gasteiger partial charge on any atom is 0.307 e. The van der Waals surface area contributed by atoms with Crippen molar-refractivity contribution in [3.8, 4) is 11.1 Å². The molecule has 0 saturated carbocycles. The number of benzene rings is 2. The van der Waals surface area contributed by atoms with E-state index in [2.05, 4.69) is 80.0 Å². The summed E-state index contributed by atoms with van der Waals surface area (Å²) in [6.45, 7) is 11.2. The quantitative estimate of drug-likeness (QED) is 0.490. The van der Waals surface area contributed by atoms with Crippen LogP contribution in [0.5, 0.6) is 0 Å². The van der Waals surface area contributed by atoms with Crippen molar-refractivity contribution in [1.29, 1.82) is 0 Å². The Kier molecular flexibility index (Phi) is 7.13. The molecule has 1 saturated heterocycles. The molecule has 0 aliphatic carbocycles. The van der Waals surface area contributed by atoms with Crippen LogP contribution >= 0.6 is 0 Å². The fraction of sp³-hybridized carbons (Fsp3) is 0.419. The molecule has 0 bridgehead atoms. The van der Waals surface area contributed by atoms with E-state index in [9.17, 15) is 9.90 Å². The third-order valence-electron chi connectivity index (χ3n) is 8.25. The summed E-state index contributed by atoms with van der Waals surface area (Å²) < 4.78 is 0. The summed E-state index contributed by atoms with van der Waals surface area (Å²) in [4.78, 5) is 21.7. The molecule has 3 heterocycles. The van der Waals surface area contributed by atoms with Crippen LogP contribution in [0.3, 0.4) is 0 Å². The Labute approximate surface area is 221 Å². The lowest BCUT2D eigenvalue weighted by Gasteiger charge is -2.40. The van der Waals surface area contributed by atoms with E-state index in [1.54, 1.807) is 0 Å². The number of piperidine rings is 1. The molecule has 2 aromatic carbocycles. The van der Waals surface area contributed by atoms with E-state index in [4.69, 9.17) is 4.98 Å². The number of pyridine rings is 1. The van der Waals surface area contributed by atoms with Crippen molar-refractivity contribution in [2.45, 2.75) is 64.9 Å². The molecule has 3 aromatic rings. The van der Waals surface area contributed by atoms with Gasteiger partial charge in [-0.2, -0.15) is 0 Å². The zero-order valence-corrected chi connectivity index (χ0v) is 22.7. The Morgan fingerprint density at radius 1 is 1.03 bits per heavy atom. The number of aromatic nitrogens is 1. The van der Waals surface area contributed by atoms with Gasteiger partial charge in [0.25, 0.3) is 0 Å². The van der Waals surface area contributed by atoms with Crippen LogP contribution in [-0.2, 0) is 30.7 Å². The Hall–Kier alpha value is -3.12. The second kappa shape index (κ2) is 10.3. The van der Waals surface area contributed by atoms with Crippen molar-refractivity contribution in [2.75, 3.05) is 24.5 Å². The molecule has 37 heavy (non-hydrogen) atoms. The van der Waals surface area contributed by atoms with E-state index < -0.39 is 5.97 Å². The van der Waals surface area contributed by atoms with Crippen LogP contribution in [0.1, 0.15) is 53.4 Å². The van der Waals surface area contributed by atoms with Gasteiger partial charge >= 0.3 is 5.97 Å². The summed E-state index contributed by atoms with van der Waals surface area (Å²) in [6.07, 6.45) is 3.21. The molecular weight excluding hydrogens is 457 g/mol. The zero-order chi connectivity index (χ0) is 26.2. The van der Waals surface area contributed by atoms with Crippen LogP contribution in [0.15, 0.2) is 48.5 Å². The number of carbonyl (C=O) groups is 1. The van der Waals surface area contributed by atoms with Gasteiger partial charge in [-0.15, -0.1) is 0 Å². The highest BCUT2D eigenvalue weighted by Crippen LogP contribution is 2.43. The number of fused-ring (bicyclic) bond motifs is 1. The molecule has 0 radical (unpaired) electrons. The molecule has 1 N–H and O–H groups in total. The summed E-state index contributed by atoms with van der Waals surface area (Å²) >= 11 is 0. The first-order chi connectivity index (χ1) is 17.7. The fourth-order valence-electron chi connectivity index (χ4n) is 6.01. The van der Waals surface area contributed by atoms with E-state index in [1.165, 1.54) is 16.7 Å². The van der Waals surface area contributed by atoms with Gasteiger partial charge in [-0.3, -0.25) is 14.7 Å². The predicted octanol–water partition coefficient (Wildman–Crippen LogP) is 4.96. The standard InChI is InChI=1S/C31H38BN3O2/c1-21-27(18-28(36)37)30(35-15-12-31(3,32)13-16-35)29(22(2)33-21)25-9-10-26-20-34(14-11-24(26)17-25)19-23-7-5-4-6-8-23/h4-10,17H,11-16,18-20,32H2,1-3H3,(H,36,37). The molecule has 0 atom stereocenters. The smallest absolute Gasteiger partial charge is 0.307 e. The van der Waals surface area contributed by atoms with E-state index >= 15 is 0 Å². The maximum absolute atomic E-state index is 11.9. The molecule has 1 fully saturated rings. The SMILES string of the molecule is BC1(C)CCN(c2c(CC(=O)O)c(C)nc(C)c2-c2ccc3c(c2)CCN(Cc2ccccc2)C3)CC1. The number of aryl methyl sites for hydroxylation is 2. The van der Waals surface area contributed by atoms with Gasteiger partial charge < -0.3 is 10.0 Å². The van der Waals surface area contributed by atoms with Gasteiger partial charge in [0.1, 0.15) is 7.85 Å². The second-order valence-electron chi connectivity index (χ2n) is 11.6. The van der Waals surface area contributed by atoms with Gasteiger partial charge in [-0.25, -0.2) is 0 Å². The first-order valence-electron chi connectivity index (χ1n) is 13.6. The number of nitrogens with zero attached hydrogens (tertiary/aromatic N) is 3. The van der Waals surface area contributed by atoms with Gasteiger partial charge in [0.15, 0.2) is 0 Å². The Morgan fingerprint density at radius 3 is 2.46 bits per heavy atom. The highest BCUT2D eigenvalue weighted by Gasteiger charge is 2.30. The van der Waals surface area contributed by atoms with Gasteiger partial charge in [0.05, 0.1) is 12.1 Å². The van der Waals surface area contributed by atoms with Crippen LogP contribution in [0.2, 0.25) is 5.31 Å². The number of carboxylic acids is 1. The van der Waals surface area contributed by atoms with Crippen LogP contribution < -0.4 is 4.90 Å². The molecule has 5 nitrogen and oxygen atoms in total. The zero-order valence-electron chi connectivity index (χ0n) is 22.7. The molecule has 5 rings (SSSR count). The minimum atomic E-state index is -0.803. The van der Waals surface area contributed by atoms with Gasteiger partial charge in [0.2, 0.25) is 0 Å². The van der Waals surface area contributed by atoms with Crippen LogP contribution in [-0.4, -0.2) is 48.4 Å². The first kappa shape index (κ1) is 25.5. The number of anilines is 1. The van der Waals surface area contributed by atoms with Crippen molar-refractivity contribution in [2.24, 2.45) is 0 Å². The van der Waals surface area contributed by atoms with E-state index in [0.717, 1.165) is 85.8 Å². The van der Waals surface area contributed by atoms with Crippen molar-refractivity contribution >= 4 is 19.5 Å². The summed E-state index contributed by atoms with van der Waals surface area (Å²) in [6, 6.07) is 17.5. The number of rotatable bonds is 6. The summed E-state index contributed by atoms with van der Waals surface area (Å²) in [7, 11) is 2.33. The van der Waals surface area contributed by atoms with Crippen LogP contribution in [0.4, 0.5) is 5.69 Å². The predicted molar refractivity (Wildman–Crippen MR) is 153 cm³/mol. The fourth-order valence-corrected chi connectivity index (χ4v) is 6.01. The molecule has 0 amide bonds. The molecule has 192 valence electrons. The van der Waals surface area contributed by atoms with Crippen molar-refractivity contribution < 1.29 is 9.90 Å². The monoisotopic (exact) mass is 495 g/mol. The van der Waals surface area contributed by atoms with Crippen molar-refractivity contribution in [1.82, 2.24) is 9.88 Å². The normalized spacial score (nSPS) is 17.4. The molecule has 0 spiro atoms. The number of carboxylic acid groups (broad SMARTS) is 1. The minimum absolute atomic E-state index is 0.000720.